The van der Waals surface area contributed by atoms with Crippen molar-refractivity contribution in [1.29, 1.82) is 0 Å². The van der Waals surface area contributed by atoms with Crippen molar-refractivity contribution in [2.24, 2.45) is 0 Å². The van der Waals surface area contributed by atoms with Gasteiger partial charge in [0.2, 0.25) is 0 Å². The molecule has 3 rings (SSSR count). The van der Waals surface area contributed by atoms with Crippen LogP contribution in [0.1, 0.15) is 36.7 Å². The van der Waals surface area contributed by atoms with Gasteiger partial charge in [0.05, 0.1) is 30.0 Å². The molecule has 0 aliphatic rings. The molecule has 168 valence electrons. The Bertz CT molecular complexity index is 1110. The minimum atomic E-state index is -4.41. The van der Waals surface area contributed by atoms with Crippen molar-refractivity contribution in [3.05, 3.63) is 100 Å². The predicted molar refractivity (Wildman–Crippen MR) is 117 cm³/mol. The zero-order valence-corrected chi connectivity index (χ0v) is 17.8. The number of pyridine rings is 2. The number of nitrogens with zero attached hydrogens (tertiary/aromatic N) is 2. The van der Waals surface area contributed by atoms with Crippen LogP contribution in [0.2, 0.25) is 0 Å². The molecule has 1 atom stereocenters. The standard InChI is InChI=1S/C24H24F3N3O2/c1-3-21(20-10-7-13-30(23(20)31)15-18-8-5-4-6-9-18)29-17(2)22-12-11-19(14-28-22)32-16-24(25,26)27/h3-14,17,29H,15-16H2,1-2H3/b21-3-. The van der Waals surface area contributed by atoms with Gasteiger partial charge in [-0.05, 0) is 43.7 Å². The second-order valence-electron chi connectivity index (χ2n) is 7.23. The van der Waals surface area contributed by atoms with Crippen molar-refractivity contribution in [3.8, 4) is 5.75 Å². The third-order valence-corrected chi connectivity index (χ3v) is 4.77. The van der Waals surface area contributed by atoms with Gasteiger partial charge in [0.25, 0.3) is 5.56 Å². The van der Waals surface area contributed by atoms with Crippen LogP contribution in [0.4, 0.5) is 13.2 Å². The molecule has 0 saturated heterocycles. The summed E-state index contributed by atoms with van der Waals surface area (Å²) in [6.07, 6.45) is 0.402. The lowest BCUT2D eigenvalue weighted by Crippen LogP contribution is -2.27. The highest BCUT2D eigenvalue weighted by atomic mass is 19.4. The van der Waals surface area contributed by atoms with Gasteiger partial charge in [-0.15, -0.1) is 0 Å². The third-order valence-electron chi connectivity index (χ3n) is 4.77. The zero-order chi connectivity index (χ0) is 23.1. The normalized spacial score (nSPS) is 13.0. The van der Waals surface area contributed by atoms with Gasteiger partial charge < -0.3 is 14.6 Å². The van der Waals surface area contributed by atoms with Crippen molar-refractivity contribution in [3.63, 3.8) is 0 Å². The summed E-state index contributed by atoms with van der Waals surface area (Å²) in [6, 6.07) is 16.0. The number of hydrogen-bond donors (Lipinski definition) is 1. The molecule has 3 aromatic rings. The Morgan fingerprint density at radius 1 is 1.16 bits per heavy atom. The lowest BCUT2D eigenvalue weighted by atomic mass is 10.1. The number of aromatic nitrogens is 2. The van der Waals surface area contributed by atoms with Crippen LogP contribution in [0.3, 0.4) is 0 Å². The van der Waals surface area contributed by atoms with Gasteiger partial charge in [0.1, 0.15) is 5.75 Å². The van der Waals surface area contributed by atoms with Crippen LogP contribution in [-0.2, 0) is 6.54 Å². The molecule has 2 heterocycles. The molecule has 32 heavy (non-hydrogen) atoms. The fourth-order valence-corrected chi connectivity index (χ4v) is 3.17. The number of ether oxygens (including phenoxy) is 1. The third kappa shape index (κ3) is 6.23. The van der Waals surface area contributed by atoms with Crippen molar-refractivity contribution in [2.45, 2.75) is 32.6 Å². The molecule has 0 aliphatic heterocycles. The Hall–Kier alpha value is -3.55. The molecular formula is C24H24F3N3O2. The highest BCUT2D eigenvalue weighted by molar-refractivity contribution is 5.63. The minimum absolute atomic E-state index is 0.0383. The van der Waals surface area contributed by atoms with E-state index in [2.05, 4.69) is 10.3 Å². The van der Waals surface area contributed by atoms with Crippen LogP contribution < -0.4 is 15.6 Å². The average Bonchev–Trinajstić information content (AvgIpc) is 2.78. The van der Waals surface area contributed by atoms with Gasteiger partial charge in [-0.25, -0.2) is 0 Å². The van der Waals surface area contributed by atoms with E-state index < -0.39 is 12.8 Å². The molecule has 0 spiro atoms. The van der Waals surface area contributed by atoms with Crippen molar-refractivity contribution < 1.29 is 17.9 Å². The highest BCUT2D eigenvalue weighted by Gasteiger charge is 2.28. The second kappa shape index (κ2) is 10.2. The maximum atomic E-state index is 13.0. The second-order valence-corrected chi connectivity index (χ2v) is 7.23. The molecule has 0 fully saturated rings. The van der Waals surface area contributed by atoms with Crippen LogP contribution in [-0.4, -0.2) is 22.3 Å². The van der Waals surface area contributed by atoms with Gasteiger partial charge in [0.15, 0.2) is 6.61 Å². The number of alkyl halides is 3. The summed E-state index contributed by atoms with van der Waals surface area (Å²) in [6.45, 7) is 2.77. The Morgan fingerprint density at radius 2 is 1.91 bits per heavy atom. The largest absolute Gasteiger partial charge is 0.483 e. The highest BCUT2D eigenvalue weighted by Crippen LogP contribution is 2.20. The topological polar surface area (TPSA) is 56.1 Å². The smallest absolute Gasteiger partial charge is 0.422 e. The molecule has 0 bridgehead atoms. The summed E-state index contributed by atoms with van der Waals surface area (Å²) in [5.41, 5.74) is 2.65. The number of halogens is 3. The quantitative estimate of drug-likeness (QED) is 0.536. The van der Waals surface area contributed by atoms with E-state index in [1.807, 2.05) is 50.2 Å². The average molecular weight is 443 g/mol. The van der Waals surface area contributed by atoms with Gasteiger partial charge in [-0.3, -0.25) is 9.78 Å². The van der Waals surface area contributed by atoms with Gasteiger partial charge in [0, 0.05) is 11.9 Å². The number of hydrogen-bond acceptors (Lipinski definition) is 4. The first-order chi connectivity index (χ1) is 15.3. The van der Waals surface area contributed by atoms with Crippen molar-refractivity contribution >= 4 is 5.70 Å². The van der Waals surface area contributed by atoms with Crippen LogP contribution in [0.25, 0.3) is 5.70 Å². The molecule has 5 nitrogen and oxygen atoms in total. The summed E-state index contributed by atoms with van der Waals surface area (Å²) in [5.74, 6) is 0.0383. The Morgan fingerprint density at radius 3 is 2.53 bits per heavy atom. The van der Waals surface area contributed by atoms with E-state index in [1.54, 1.807) is 29.0 Å². The Balaban J connectivity index is 1.72. The molecule has 0 amide bonds. The Labute approximate surface area is 184 Å². The predicted octanol–water partition coefficient (Wildman–Crippen LogP) is 4.94. The van der Waals surface area contributed by atoms with Crippen LogP contribution in [0.5, 0.6) is 5.75 Å². The fraction of sp³-hybridized carbons (Fsp3) is 0.250. The molecule has 1 N–H and O–H groups in total. The molecular weight excluding hydrogens is 419 g/mol. The first-order valence-electron chi connectivity index (χ1n) is 10.1. The van der Waals surface area contributed by atoms with Crippen molar-refractivity contribution in [2.75, 3.05) is 6.61 Å². The van der Waals surface area contributed by atoms with E-state index in [0.29, 0.717) is 23.5 Å². The van der Waals surface area contributed by atoms with Gasteiger partial charge >= 0.3 is 6.18 Å². The van der Waals surface area contributed by atoms with E-state index in [9.17, 15) is 18.0 Å². The first-order valence-corrected chi connectivity index (χ1v) is 10.1. The lowest BCUT2D eigenvalue weighted by Gasteiger charge is -2.18. The minimum Gasteiger partial charge on any atom is -0.483 e. The maximum Gasteiger partial charge on any atom is 0.422 e. The monoisotopic (exact) mass is 443 g/mol. The molecule has 0 saturated carbocycles. The lowest BCUT2D eigenvalue weighted by molar-refractivity contribution is -0.153. The SMILES string of the molecule is C/C=C(\NC(C)c1ccc(OCC(F)(F)F)cn1)c1cccn(Cc2ccccc2)c1=O. The number of rotatable bonds is 8. The molecule has 2 aromatic heterocycles. The van der Waals surface area contributed by atoms with Crippen molar-refractivity contribution in [1.82, 2.24) is 14.9 Å². The van der Waals surface area contributed by atoms with Gasteiger partial charge in [-0.2, -0.15) is 13.2 Å². The molecule has 8 heteroatoms. The molecule has 1 aromatic carbocycles. The fourth-order valence-electron chi connectivity index (χ4n) is 3.17. The zero-order valence-electron chi connectivity index (χ0n) is 17.8. The van der Waals surface area contributed by atoms with E-state index >= 15 is 0 Å². The summed E-state index contributed by atoms with van der Waals surface area (Å²) in [4.78, 5) is 17.2. The summed E-state index contributed by atoms with van der Waals surface area (Å²) < 4.78 is 43.2. The molecule has 0 radical (unpaired) electrons. The first kappa shape index (κ1) is 23.1. The summed E-state index contributed by atoms with van der Waals surface area (Å²) in [7, 11) is 0. The van der Waals surface area contributed by atoms with E-state index in [4.69, 9.17) is 4.74 Å². The van der Waals surface area contributed by atoms with E-state index in [-0.39, 0.29) is 17.4 Å². The van der Waals surface area contributed by atoms with Crippen LogP contribution >= 0.6 is 0 Å². The maximum absolute atomic E-state index is 13.0. The molecule has 0 aliphatic carbocycles. The summed E-state index contributed by atoms with van der Waals surface area (Å²) in [5, 5.41) is 3.27. The van der Waals surface area contributed by atoms with E-state index in [0.717, 1.165) is 5.56 Å². The molecule has 1 unspecified atom stereocenters. The summed E-state index contributed by atoms with van der Waals surface area (Å²) >= 11 is 0. The number of nitrogens with one attached hydrogen (secondary N) is 1. The van der Waals surface area contributed by atoms with Crippen LogP contribution in [0.15, 0.2) is 77.9 Å². The Kier molecular flexibility index (Phi) is 7.35. The number of allylic oxidation sites excluding steroid dienone is 1. The van der Waals surface area contributed by atoms with Gasteiger partial charge in [-0.1, -0.05) is 36.4 Å². The van der Waals surface area contributed by atoms with Crippen LogP contribution in [0, 0.1) is 0 Å². The van der Waals surface area contributed by atoms with E-state index in [1.165, 1.54) is 12.3 Å². The number of benzene rings is 1.